The fourth-order valence-electron chi connectivity index (χ4n) is 2.47. The average molecular weight is 322 g/mol. The first kappa shape index (κ1) is 16.2. The van der Waals surface area contributed by atoms with E-state index in [9.17, 15) is 0 Å². The van der Waals surface area contributed by atoms with E-state index in [1.165, 1.54) is 0 Å². The standard InChI is InChI=1S/C19H22N4O/c1-22(2)13-19-21-12-18(23(19)3)17-10-9-16(11-20-17)24-14-15-7-5-4-6-8-15/h4-12H,13-14H2,1-3H3. The van der Waals surface area contributed by atoms with E-state index in [2.05, 4.69) is 19.4 Å². The number of hydrogen-bond acceptors (Lipinski definition) is 4. The van der Waals surface area contributed by atoms with Gasteiger partial charge in [0.1, 0.15) is 18.2 Å². The quantitative estimate of drug-likeness (QED) is 0.699. The van der Waals surface area contributed by atoms with Crippen molar-refractivity contribution in [2.24, 2.45) is 7.05 Å². The molecule has 3 aromatic rings. The van der Waals surface area contributed by atoms with Gasteiger partial charge >= 0.3 is 0 Å². The minimum absolute atomic E-state index is 0.542. The van der Waals surface area contributed by atoms with Gasteiger partial charge in [-0.05, 0) is 31.8 Å². The van der Waals surface area contributed by atoms with Crippen molar-refractivity contribution in [1.82, 2.24) is 19.4 Å². The van der Waals surface area contributed by atoms with Gasteiger partial charge in [-0.25, -0.2) is 4.98 Å². The molecule has 24 heavy (non-hydrogen) atoms. The number of rotatable bonds is 6. The zero-order valence-corrected chi connectivity index (χ0v) is 14.3. The lowest BCUT2D eigenvalue weighted by Gasteiger charge is -2.11. The van der Waals surface area contributed by atoms with Crippen molar-refractivity contribution in [3.8, 4) is 17.1 Å². The largest absolute Gasteiger partial charge is 0.487 e. The van der Waals surface area contributed by atoms with Crippen molar-refractivity contribution in [1.29, 1.82) is 0 Å². The number of imidazole rings is 1. The van der Waals surface area contributed by atoms with Gasteiger partial charge in [-0.3, -0.25) is 4.98 Å². The molecule has 5 nitrogen and oxygen atoms in total. The van der Waals surface area contributed by atoms with Crippen molar-refractivity contribution in [3.05, 3.63) is 66.2 Å². The average Bonchev–Trinajstić information content (AvgIpc) is 2.95. The molecule has 0 aliphatic carbocycles. The third-order valence-electron chi connectivity index (χ3n) is 3.79. The van der Waals surface area contributed by atoms with Crippen LogP contribution in [-0.2, 0) is 20.2 Å². The van der Waals surface area contributed by atoms with Gasteiger partial charge < -0.3 is 14.2 Å². The highest BCUT2D eigenvalue weighted by Gasteiger charge is 2.10. The van der Waals surface area contributed by atoms with Gasteiger partial charge in [0.2, 0.25) is 0 Å². The van der Waals surface area contributed by atoms with Crippen LogP contribution in [0, 0.1) is 0 Å². The van der Waals surface area contributed by atoms with Crippen molar-refractivity contribution in [2.45, 2.75) is 13.2 Å². The summed E-state index contributed by atoms with van der Waals surface area (Å²) in [7, 11) is 6.08. The summed E-state index contributed by atoms with van der Waals surface area (Å²) in [4.78, 5) is 11.1. The summed E-state index contributed by atoms with van der Waals surface area (Å²) in [5.74, 6) is 1.78. The monoisotopic (exact) mass is 322 g/mol. The summed E-state index contributed by atoms with van der Waals surface area (Å²) in [5, 5.41) is 0. The number of benzene rings is 1. The van der Waals surface area contributed by atoms with Gasteiger partial charge in [0.05, 0.1) is 30.3 Å². The Morgan fingerprint density at radius 1 is 1.00 bits per heavy atom. The van der Waals surface area contributed by atoms with Crippen molar-refractivity contribution >= 4 is 0 Å². The Bertz CT molecular complexity index is 779. The molecule has 0 N–H and O–H groups in total. The lowest BCUT2D eigenvalue weighted by molar-refractivity contribution is 0.305. The van der Waals surface area contributed by atoms with Crippen LogP contribution in [0.15, 0.2) is 54.9 Å². The van der Waals surface area contributed by atoms with Crippen LogP contribution in [0.25, 0.3) is 11.4 Å². The Hall–Kier alpha value is -2.66. The first-order chi connectivity index (χ1) is 11.6. The molecular formula is C19H22N4O. The van der Waals surface area contributed by atoms with Crippen LogP contribution in [0.5, 0.6) is 5.75 Å². The topological polar surface area (TPSA) is 43.2 Å². The molecule has 5 heteroatoms. The van der Waals surface area contributed by atoms with E-state index in [0.717, 1.165) is 35.1 Å². The second kappa shape index (κ2) is 7.27. The van der Waals surface area contributed by atoms with Crippen LogP contribution in [-0.4, -0.2) is 33.5 Å². The Morgan fingerprint density at radius 3 is 2.46 bits per heavy atom. The second-order valence-corrected chi connectivity index (χ2v) is 6.01. The number of nitrogens with zero attached hydrogens (tertiary/aromatic N) is 4. The third kappa shape index (κ3) is 3.81. The smallest absolute Gasteiger partial charge is 0.138 e. The molecule has 0 radical (unpaired) electrons. The fourth-order valence-corrected chi connectivity index (χ4v) is 2.47. The van der Waals surface area contributed by atoms with Crippen LogP contribution in [0.4, 0.5) is 0 Å². The number of aromatic nitrogens is 3. The van der Waals surface area contributed by atoms with Crippen molar-refractivity contribution in [3.63, 3.8) is 0 Å². The minimum Gasteiger partial charge on any atom is -0.487 e. The predicted molar refractivity (Wildman–Crippen MR) is 94.6 cm³/mol. The molecule has 0 bridgehead atoms. The number of hydrogen-bond donors (Lipinski definition) is 0. The first-order valence-corrected chi connectivity index (χ1v) is 7.92. The van der Waals surface area contributed by atoms with Gasteiger partial charge in [-0.15, -0.1) is 0 Å². The van der Waals surface area contributed by atoms with Gasteiger partial charge in [0, 0.05) is 7.05 Å². The highest BCUT2D eigenvalue weighted by molar-refractivity contribution is 5.54. The highest BCUT2D eigenvalue weighted by Crippen LogP contribution is 2.21. The van der Waals surface area contributed by atoms with Crippen LogP contribution < -0.4 is 4.74 Å². The Kier molecular flexibility index (Phi) is 4.91. The summed E-state index contributed by atoms with van der Waals surface area (Å²) in [6, 6.07) is 14.0. The minimum atomic E-state index is 0.542. The molecule has 0 aliphatic rings. The van der Waals surface area contributed by atoms with E-state index in [-0.39, 0.29) is 0 Å². The molecule has 3 rings (SSSR count). The number of ether oxygens (including phenoxy) is 1. The number of pyridine rings is 1. The maximum Gasteiger partial charge on any atom is 0.138 e. The molecule has 0 unspecified atom stereocenters. The zero-order chi connectivity index (χ0) is 16.9. The zero-order valence-electron chi connectivity index (χ0n) is 14.3. The molecule has 0 fully saturated rings. The molecule has 1 aromatic carbocycles. The summed E-state index contributed by atoms with van der Waals surface area (Å²) >= 11 is 0. The summed E-state index contributed by atoms with van der Waals surface area (Å²) in [5.41, 5.74) is 3.03. The van der Waals surface area contributed by atoms with Gasteiger partial charge in [-0.1, -0.05) is 30.3 Å². The molecule has 0 atom stereocenters. The van der Waals surface area contributed by atoms with Crippen LogP contribution >= 0.6 is 0 Å². The highest BCUT2D eigenvalue weighted by atomic mass is 16.5. The first-order valence-electron chi connectivity index (χ1n) is 7.92. The molecule has 0 aliphatic heterocycles. The van der Waals surface area contributed by atoms with E-state index in [4.69, 9.17) is 4.74 Å². The Morgan fingerprint density at radius 2 is 1.79 bits per heavy atom. The van der Waals surface area contributed by atoms with Crippen LogP contribution in [0.2, 0.25) is 0 Å². The Balaban J connectivity index is 1.69. The molecule has 0 saturated carbocycles. The predicted octanol–water partition coefficient (Wildman–Crippen LogP) is 3.12. The maximum absolute atomic E-state index is 5.78. The fraction of sp³-hybridized carbons (Fsp3) is 0.263. The molecule has 124 valence electrons. The van der Waals surface area contributed by atoms with E-state index in [1.54, 1.807) is 6.20 Å². The van der Waals surface area contributed by atoms with Crippen LogP contribution in [0.3, 0.4) is 0 Å². The van der Waals surface area contributed by atoms with Gasteiger partial charge in [0.25, 0.3) is 0 Å². The van der Waals surface area contributed by atoms with Crippen molar-refractivity contribution < 1.29 is 4.74 Å². The second-order valence-electron chi connectivity index (χ2n) is 6.01. The summed E-state index contributed by atoms with van der Waals surface area (Å²) in [6.07, 6.45) is 3.63. The van der Waals surface area contributed by atoms with Gasteiger partial charge in [-0.2, -0.15) is 0 Å². The molecule has 2 heterocycles. The summed E-state index contributed by atoms with van der Waals surface area (Å²) < 4.78 is 7.86. The summed E-state index contributed by atoms with van der Waals surface area (Å²) in [6.45, 7) is 1.34. The van der Waals surface area contributed by atoms with Crippen molar-refractivity contribution in [2.75, 3.05) is 14.1 Å². The maximum atomic E-state index is 5.78. The van der Waals surface area contributed by atoms with E-state index in [0.29, 0.717) is 6.61 Å². The third-order valence-corrected chi connectivity index (χ3v) is 3.79. The van der Waals surface area contributed by atoms with E-state index >= 15 is 0 Å². The SMILES string of the molecule is CN(C)Cc1ncc(-c2ccc(OCc3ccccc3)cn2)n1C. The van der Waals surface area contributed by atoms with E-state index in [1.807, 2.05) is 69.8 Å². The lowest BCUT2D eigenvalue weighted by Crippen LogP contribution is -2.14. The lowest BCUT2D eigenvalue weighted by atomic mass is 10.2. The van der Waals surface area contributed by atoms with Gasteiger partial charge in [0.15, 0.2) is 0 Å². The molecule has 0 saturated heterocycles. The molecule has 2 aromatic heterocycles. The van der Waals surface area contributed by atoms with Crippen LogP contribution in [0.1, 0.15) is 11.4 Å². The molecular weight excluding hydrogens is 300 g/mol. The normalized spacial score (nSPS) is 11.0. The molecule has 0 spiro atoms. The Labute approximate surface area is 142 Å². The molecule has 0 amide bonds. The van der Waals surface area contributed by atoms with E-state index < -0.39 is 0 Å².